The number of fused-ring (bicyclic) bond motifs is 2. The van der Waals surface area contributed by atoms with Crippen LogP contribution in [0, 0.1) is 17.8 Å². The van der Waals surface area contributed by atoms with Crippen molar-refractivity contribution in [2.75, 3.05) is 52.5 Å². The third kappa shape index (κ3) is 6.71. The maximum atomic E-state index is 10.1. The van der Waals surface area contributed by atoms with E-state index in [4.69, 9.17) is 4.74 Å². The van der Waals surface area contributed by atoms with E-state index in [0.29, 0.717) is 25.7 Å². The molecule has 28 heavy (non-hydrogen) atoms. The Bertz CT molecular complexity index is 483. The van der Waals surface area contributed by atoms with Crippen LogP contribution < -0.4 is 5.32 Å². The van der Waals surface area contributed by atoms with Gasteiger partial charge in [-0.15, -0.1) is 24.0 Å². The minimum absolute atomic E-state index is 0. The van der Waals surface area contributed by atoms with Crippen molar-refractivity contribution in [1.29, 1.82) is 0 Å². The van der Waals surface area contributed by atoms with Crippen molar-refractivity contribution >= 4 is 29.9 Å². The molecule has 4 unspecified atom stereocenters. The number of aliphatic hydroxyl groups is 1. The van der Waals surface area contributed by atoms with E-state index in [1.165, 1.54) is 25.7 Å². The first-order valence-corrected chi connectivity index (χ1v) is 11.1. The first-order chi connectivity index (χ1) is 13.1. The number of rotatable bonds is 8. The highest BCUT2D eigenvalue weighted by Gasteiger charge is 2.42. The van der Waals surface area contributed by atoms with Crippen LogP contribution in [-0.2, 0) is 4.74 Å². The average Bonchev–Trinajstić information content (AvgIpc) is 3.28. The normalized spacial score (nSPS) is 29.2. The van der Waals surface area contributed by atoms with Gasteiger partial charge in [0.05, 0.1) is 19.3 Å². The fourth-order valence-corrected chi connectivity index (χ4v) is 5.03. The summed E-state index contributed by atoms with van der Waals surface area (Å²) in [6.07, 6.45) is 5.30. The molecule has 3 aliphatic rings. The summed E-state index contributed by atoms with van der Waals surface area (Å²) in [4.78, 5) is 9.77. The van der Waals surface area contributed by atoms with Gasteiger partial charge in [0.1, 0.15) is 0 Å². The number of hydrogen-bond acceptors (Lipinski definition) is 4. The SMILES string of the molecule is CCNC(=NCC(O)COCC(C)C)N1CCN(C2CC3CCC2C3)CC1.I. The van der Waals surface area contributed by atoms with Crippen LogP contribution in [-0.4, -0.2) is 85.5 Å². The van der Waals surface area contributed by atoms with Crippen LogP contribution in [0.15, 0.2) is 4.99 Å². The van der Waals surface area contributed by atoms with Gasteiger partial charge in [-0.1, -0.05) is 20.3 Å². The summed E-state index contributed by atoms with van der Waals surface area (Å²) in [5.41, 5.74) is 0. The molecule has 3 rings (SSSR count). The second-order valence-corrected chi connectivity index (χ2v) is 9.04. The molecule has 0 aromatic heterocycles. The minimum Gasteiger partial charge on any atom is -0.389 e. The van der Waals surface area contributed by atoms with E-state index in [2.05, 4.69) is 40.9 Å². The largest absolute Gasteiger partial charge is 0.389 e. The van der Waals surface area contributed by atoms with E-state index in [0.717, 1.165) is 56.6 Å². The first-order valence-electron chi connectivity index (χ1n) is 11.1. The molecule has 1 heterocycles. The summed E-state index contributed by atoms with van der Waals surface area (Å²) in [7, 11) is 0. The maximum absolute atomic E-state index is 10.1. The molecule has 7 heteroatoms. The Morgan fingerprint density at radius 2 is 1.89 bits per heavy atom. The molecular formula is C21H41IN4O2. The Kier molecular flexibility index (Phi) is 10.3. The van der Waals surface area contributed by atoms with Gasteiger partial charge in [-0.25, -0.2) is 0 Å². The van der Waals surface area contributed by atoms with Gasteiger partial charge in [-0.3, -0.25) is 9.89 Å². The smallest absolute Gasteiger partial charge is 0.194 e. The first kappa shape index (κ1) is 24.2. The number of ether oxygens (including phenoxy) is 1. The highest BCUT2D eigenvalue weighted by Crippen LogP contribution is 2.46. The summed E-state index contributed by atoms with van der Waals surface area (Å²) in [6, 6.07) is 0.838. The van der Waals surface area contributed by atoms with Crippen molar-refractivity contribution in [2.45, 2.75) is 58.6 Å². The van der Waals surface area contributed by atoms with Crippen LogP contribution in [0.1, 0.15) is 46.5 Å². The van der Waals surface area contributed by atoms with Gasteiger partial charge in [0.15, 0.2) is 5.96 Å². The highest BCUT2D eigenvalue weighted by atomic mass is 127. The number of aliphatic imine (C=N–C) groups is 1. The Labute approximate surface area is 188 Å². The van der Waals surface area contributed by atoms with Crippen LogP contribution in [0.25, 0.3) is 0 Å². The van der Waals surface area contributed by atoms with Crippen molar-refractivity contribution in [3.05, 3.63) is 0 Å². The number of nitrogens with zero attached hydrogens (tertiary/aromatic N) is 3. The summed E-state index contributed by atoms with van der Waals surface area (Å²) in [6.45, 7) is 13.0. The molecule has 0 radical (unpaired) electrons. The maximum Gasteiger partial charge on any atom is 0.194 e. The van der Waals surface area contributed by atoms with E-state index >= 15 is 0 Å². The monoisotopic (exact) mass is 508 g/mol. The van der Waals surface area contributed by atoms with Crippen molar-refractivity contribution < 1.29 is 9.84 Å². The lowest BCUT2D eigenvalue weighted by atomic mass is 9.93. The molecule has 164 valence electrons. The Morgan fingerprint density at radius 1 is 1.14 bits per heavy atom. The molecule has 1 aliphatic heterocycles. The minimum atomic E-state index is -0.535. The number of guanidine groups is 1. The zero-order chi connectivity index (χ0) is 19.2. The van der Waals surface area contributed by atoms with Gasteiger partial charge in [0, 0.05) is 45.4 Å². The van der Waals surface area contributed by atoms with Gasteiger partial charge >= 0.3 is 0 Å². The Morgan fingerprint density at radius 3 is 2.46 bits per heavy atom. The average molecular weight is 508 g/mol. The Hall–Kier alpha value is -0.120. The van der Waals surface area contributed by atoms with Crippen molar-refractivity contribution in [3.63, 3.8) is 0 Å². The zero-order valence-corrected chi connectivity index (χ0v) is 20.3. The fourth-order valence-electron chi connectivity index (χ4n) is 5.03. The van der Waals surface area contributed by atoms with Gasteiger partial charge in [-0.2, -0.15) is 0 Å². The molecule has 4 atom stereocenters. The molecule has 2 N–H and O–H groups in total. The molecule has 1 saturated heterocycles. The van der Waals surface area contributed by atoms with Crippen molar-refractivity contribution in [3.8, 4) is 0 Å². The quantitative estimate of drug-likeness (QED) is 0.300. The second kappa shape index (κ2) is 11.9. The fraction of sp³-hybridized carbons (Fsp3) is 0.952. The van der Waals surface area contributed by atoms with Crippen LogP contribution >= 0.6 is 24.0 Å². The summed E-state index contributed by atoms with van der Waals surface area (Å²) in [5, 5.41) is 13.5. The lowest BCUT2D eigenvalue weighted by molar-refractivity contribution is 0.0299. The molecule has 0 spiro atoms. The number of aliphatic hydroxyl groups excluding tert-OH is 1. The molecule has 0 amide bonds. The summed E-state index contributed by atoms with van der Waals surface area (Å²) in [5.74, 6) is 3.40. The Balaban J connectivity index is 0.00000280. The summed E-state index contributed by atoms with van der Waals surface area (Å²) < 4.78 is 5.53. The number of halogens is 1. The van der Waals surface area contributed by atoms with E-state index in [9.17, 15) is 5.11 Å². The lowest BCUT2D eigenvalue weighted by Gasteiger charge is -2.42. The third-order valence-corrected chi connectivity index (χ3v) is 6.33. The standard InChI is InChI=1S/C21H40N4O2.HI/c1-4-22-21(23-13-19(26)15-27-14-16(2)3)25-9-7-24(8-10-25)20-12-17-5-6-18(20)11-17;/h16-20,26H,4-15H2,1-3H3,(H,22,23);1H. The molecule has 2 saturated carbocycles. The second-order valence-electron chi connectivity index (χ2n) is 9.04. The number of nitrogens with one attached hydrogen (secondary N) is 1. The van der Waals surface area contributed by atoms with E-state index < -0.39 is 6.10 Å². The van der Waals surface area contributed by atoms with Crippen LogP contribution in [0.2, 0.25) is 0 Å². The van der Waals surface area contributed by atoms with E-state index in [-0.39, 0.29) is 24.0 Å². The molecular weight excluding hydrogens is 467 g/mol. The molecule has 6 nitrogen and oxygen atoms in total. The van der Waals surface area contributed by atoms with Crippen LogP contribution in [0.5, 0.6) is 0 Å². The van der Waals surface area contributed by atoms with Gasteiger partial charge in [0.25, 0.3) is 0 Å². The lowest BCUT2D eigenvalue weighted by Crippen LogP contribution is -2.55. The zero-order valence-electron chi connectivity index (χ0n) is 18.0. The highest BCUT2D eigenvalue weighted by molar-refractivity contribution is 14.0. The molecule has 0 aromatic rings. The van der Waals surface area contributed by atoms with E-state index in [1.807, 2.05) is 0 Å². The van der Waals surface area contributed by atoms with Crippen molar-refractivity contribution in [2.24, 2.45) is 22.7 Å². The van der Waals surface area contributed by atoms with Crippen LogP contribution in [0.4, 0.5) is 0 Å². The van der Waals surface area contributed by atoms with Crippen LogP contribution in [0.3, 0.4) is 0 Å². The predicted molar refractivity (Wildman–Crippen MR) is 125 cm³/mol. The number of hydrogen-bond donors (Lipinski definition) is 2. The van der Waals surface area contributed by atoms with Crippen molar-refractivity contribution in [1.82, 2.24) is 15.1 Å². The third-order valence-electron chi connectivity index (χ3n) is 6.33. The van der Waals surface area contributed by atoms with Gasteiger partial charge in [0.2, 0.25) is 0 Å². The molecule has 3 fully saturated rings. The molecule has 2 bridgehead atoms. The van der Waals surface area contributed by atoms with E-state index in [1.54, 1.807) is 0 Å². The van der Waals surface area contributed by atoms with Gasteiger partial charge < -0.3 is 20.1 Å². The summed E-state index contributed by atoms with van der Waals surface area (Å²) >= 11 is 0. The van der Waals surface area contributed by atoms with Gasteiger partial charge in [-0.05, 0) is 43.9 Å². The predicted octanol–water partition coefficient (Wildman–Crippen LogP) is 2.41. The topological polar surface area (TPSA) is 60.3 Å². The molecule has 0 aromatic carbocycles. The molecule has 2 aliphatic carbocycles. The number of piperazine rings is 1.